The summed E-state index contributed by atoms with van der Waals surface area (Å²) in [5, 5.41) is 5.97. The zero-order valence-electron chi connectivity index (χ0n) is 35.2. The minimum Gasteiger partial charge on any atom is -0.277 e. The second kappa shape index (κ2) is 16.3. The molecule has 0 unspecified atom stereocenters. The number of benzene rings is 9. The molecule has 4 heteroatoms. The van der Waals surface area contributed by atoms with E-state index in [-0.39, 0.29) is 0 Å². The van der Waals surface area contributed by atoms with Gasteiger partial charge >= 0.3 is 0 Å². The van der Waals surface area contributed by atoms with Crippen molar-refractivity contribution in [3.63, 3.8) is 0 Å². The van der Waals surface area contributed by atoms with E-state index in [1.165, 1.54) is 54.4 Å². The van der Waals surface area contributed by atoms with Crippen LogP contribution in [0.25, 0.3) is 115 Å². The zero-order chi connectivity index (χ0) is 42.3. The molecular formula is C59H43N3S. The van der Waals surface area contributed by atoms with E-state index in [9.17, 15) is 0 Å². The van der Waals surface area contributed by atoms with Gasteiger partial charge in [0.25, 0.3) is 0 Å². The van der Waals surface area contributed by atoms with Crippen molar-refractivity contribution in [1.82, 2.24) is 14.5 Å². The standard InChI is InChI=1S/C56H35N3S.C3H8/c1-3-14-36(15-4-1)41-28-30-51-48(34-41)46-25-13-24-44(55(46)59(51)56-57-50-26-9-7-23-47(50)54(58-56)37-16-5-2-6-17-37)43-21-12-20-40(33-43)38-18-11-19-39(32-38)42-29-31-53-49(35-42)45-22-8-10-27-52(45)60-53;1-3-2/h1-35H;3H2,1-2H3. The van der Waals surface area contributed by atoms with Crippen LogP contribution < -0.4 is 0 Å². The van der Waals surface area contributed by atoms with Gasteiger partial charge in [-0.25, -0.2) is 9.97 Å². The minimum atomic E-state index is 0.645. The number of fused-ring (bicyclic) bond motifs is 7. The lowest BCUT2D eigenvalue weighted by molar-refractivity contribution is 1.01. The molecule has 12 rings (SSSR count). The number of hydrogen-bond donors (Lipinski definition) is 0. The summed E-state index contributed by atoms with van der Waals surface area (Å²) in [5.41, 5.74) is 14.4. The molecule has 0 aliphatic heterocycles. The molecular weight excluding hydrogens is 783 g/mol. The van der Waals surface area contributed by atoms with Gasteiger partial charge in [0.2, 0.25) is 5.95 Å². The maximum absolute atomic E-state index is 5.42. The molecule has 0 spiro atoms. The van der Waals surface area contributed by atoms with Crippen LogP contribution in [-0.4, -0.2) is 14.5 Å². The Morgan fingerprint density at radius 1 is 0.381 bits per heavy atom. The molecule has 0 amide bonds. The molecule has 63 heavy (non-hydrogen) atoms. The van der Waals surface area contributed by atoms with Crippen LogP contribution in [-0.2, 0) is 0 Å². The predicted molar refractivity (Wildman–Crippen MR) is 270 cm³/mol. The maximum atomic E-state index is 5.42. The van der Waals surface area contributed by atoms with E-state index in [4.69, 9.17) is 9.97 Å². The lowest BCUT2D eigenvalue weighted by Gasteiger charge is -2.14. The monoisotopic (exact) mass is 825 g/mol. The molecule has 9 aromatic carbocycles. The average Bonchev–Trinajstić information content (AvgIpc) is 3.90. The van der Waals surface area contributed by atoms with Gasteiger partial charge in [-0.1, -0.05) is 184 Å². The fraction of sp³-hybridized carbons (Fsp3) is 0.0508. The van der Waals surface area contributed by atoms with Crippen molar-refractivity contribution in [2.45, 2.75) is 20.3 Å². The fourth-order valence-electron chi connectivity index (χ4n) is 8.95. The molecule has 3 heterocycles. The molecule has 0 fully saturated rings. The highest BCUT2D eigenvalue weighted by Crippen LogP contribution is 2.42. The Bertz CT molecular complexity index is 3620. The molecule has 0 radical (unpaired) electrons. The maximum Gasteiger partial charge on any atom is 0.235 e. The van der Waals surface area contributed by atoms with Gasteiger partial charge in [-0.15, -0.1) is 11.3 Å². The van der Waals surface area contributed by atoms with Gasteiger partial charge in [0, 0.05) is 47.5 Å². The van der Waals surface area contributed by atoms with Gasteiger partial charge in [-0.05, 0) is 87.5 Å². The van der Waals surface area contributed by atoms with Crippen molar-refractivity contribution in [2.24, 2.45) is 0 Å². The summed E-state index contributed by atoms with van der Waals surface area (Å²) in [6.07, 6.45) is 1.25. The quantitative estimate of drug-likeness (QED) is 0.167. The number of aromatic nitrogens is 3. The van der Waals surface area contributed by atoms with E-state index in [2.05, 4.69) is 225 Å². The summed E-state index contributed by atoms with van der Waals surface area (Å²) < 4.78 is 4.92. The van der Waals surface area contributed by atoms with Gasteiger partial charge in [0.05, 0.1) is 22.2 Å². The molecule has 0 aliphatic carbocycles. The van der Waals surface area contributed by atoms with Crippen LogP contribution >= 0.6 is 11.3 Å². The van der Waals surface area contributed by atoms with Gasteiger partial charge in [-0.2, -0.15) is 0 Å². The van der Waals surface area contributed by atoms with Crippen molar-refractivity contribution < 1.29 is 0 Å². The van der Waals surface area contributed by atoms with Crippen molar-refractivity contribution in [3.05, 3.63) is 212 Å². The average molecular weight is 826 g/mol. The van der Waals surface area contributed by atoms with E-state index in [0.29, 0.717) is 5.95 Å². The second-order valence-corrected chi connectivity index (χ2v) is 17.2. The molecule has 0 bridgehead atoms. The largest absolute Gasteiger partial charge is 0.277 e. The third-order valence-corrected chi connectivity index (χ3v) is 13.0. The van der Waals surface area contributed by atoms with Crippen LogP contribution in [0.1, 0.15) is 20.3 Å². The van der Waals surface area contributed by atoms with E-state index >= 15 is 0 Å². The predicted octanol–water partition coefficient (Wildman–Crippen LogP) is 16.8. The fourth-order valence-corrected chi connectivity index (χ4v) is 10.0. The Balaban J connectivity index is 0.00000144. The lowest BCUT2D eigenvalue weighted by atomic mass is 9.95. The van der Waals surface area contributed by atoms with Gasteiger partial charge in [0.1, 0.15) is 0 Å². The van der Waals surface area contributed by atoms with Crippen LogP contribution in [0.3, 0.4) is 0 Å². The van der Waals surface area contributed by atoms with Crippen LogP contribution in [0.15, 0.2) is 212 Å². The molecule has 12 aromatic rings. The topological polar surface area (TPSA) is 30.7 Å². The molecule has 0 saturated heterocycles. The third-order valence-electron chi connectivity index (χ3n) is 11.8. The number of hydrogen-bond acceptors (Lipinski definition) is 3. The summed E-state index contributed by atoms with van der Waals surface area (Å²) in [4.78, 5) is 10.7. The number of nitrogens with zero attached hydrogens (tertiary/aromatic N) is 3. The zero-order valence-corrected chi connectivity index (χ0v) is 36.0. The third kappa shape index (κ3) is 6.95. The van der Waals surface area contributed by atoms with Gasteiger partial charge in [0.15, 0.2) is 0 Å². The Hall–Kier alpha value is -7.66. The van der Waals surface area contributed by atoms with E-state index in [1.807, 2.05) is 17.4 Å². The number of rotatable bonds is 6. The SMILES string of the molecule is CCC.c1ccc(-c2ccc3c(c2)c2cccc(-c4cccc(-c5cccc(-c6ccc7sc8ccccc8c7c6)c5)c4)c2n3-c2nc(-c3ccccc3)c3ccccc3n2)cc1. The highest BCUT2D eigenvalue weighted by Gasteiger charge is 2.21. The Morgan fingerprint density at radius 3 is 1.67 bits per heavy atom. The highest BCUT2D eigenvalue weighted by atomic mass is 32.1. The first-order valence-corrected chi connectivity index (χ1v) is 22.5. The summed E-state index contributed by atoms with van der Waals surface area (Å²) in [7, 11) is 0. The molecule has 300 valence electrons. The van der Waals surface area contributed by atoms with Gasteiger partial charge in [-0.3, -0.25) is 4.57 Å². The second-order valence-electron chi connectivity index (χ2n) is 16.1. The first kappa shape index (κ1) is 38.3. The Kier molecular flexibility index (Phi) is 9.91. The summed E-state index contributed by atoms with van der Waals surface area (Å²) in [6, 6.07) is 76.3. The van der Waals surface area contributed by atoms with Crippen LogP contribution in [0.5, 0.6) is 0 Å². The normalized spacial score (nSPS) is 11.4. The Morgan fingerprint density at radius 2 is 0.905 bits per heavy atom. The van der Waals surface area contributed by atoms with Crippen molar-refractivity contribution in [1.29, 1.82) is 0 Å². The van der Waals surface area contributed by atoms with E-state index in [0.717, 1.165) is 60.7 Å². The first-order valence-electron chi connectivity index (χ1n) is 21.7. The van der Waals surface area contributed by atoms with Gasteiger partial charge < -0.3 is 0 Å². The molecule has 0 saturated carbocycles. The van der Waals surface area contributed by atoms with Crippen LogP contribution in [0.4, 0.5) is 0 Å². The molecule has 0 aliphatic rings. The van der Waals surface area contributed by atoms with E-state index in [1.54, 1.807) is 0 Å². The van der Waals surface area contributed by atoms with Crippen molar-refractivity contribution in [2.75, 3.05) is 0 Å². The molecule has 3 nitrogen and oxygen atoms in total. The summed E-state index contributed by atoms with van der Waals surface area (Å²) >= 11 is 1.86. The smallest absolute Gasteiger partial charge is 0.235 e. The van der Waals surface area contributed by atoms with Crippen LogP contribution in [0.2, 0.25) is 0 Å². The van der Waals surface area contributed by atoms with Crippen molar-refractivity contribution in [3.8, 4) is 61.7 Å². The molecule has 0 atom stereocenters. The summed E-state index contributed by atoms with van der Waals surface area (Å²) in [5.74, 6) is 0.645. The molecule has 3 aromatic heterocycles. The number of para-hydroxylation sites is 2. The molecule has 0 N–H and O–H groups in total. The summed E-state index contributed by atoms with van der Waals surface area (Å²) in [6.45, 7) is 4.25. The Labute approximate surface area is 371 Å². The minimum absolute atomic E-state index is 0.645. The van der Waals surface area contributed by atoms with Crippen molar-refractivity contribution >= 4 is 64.2 Å². The van der Waals surface area contributed by atoms with E-state index < -0.39 is 0 Å². The first-order chi connectivity index (χ1) is 31.1. The van der Waals surface area contributed by atoms with Crippen LogP contribution in [0, 0.1) is 0 Å². The lowest BCUT2D eigenvalue weighted by Crippen LogP contribution is -2.04. The highest BCUT2D eigenvalue weighted by molar-refractivity contribution is 7.25. The number of thiophene rings is 1.